The van der Waals surface area contributed by atoms with Crippen LogP contribution in [0.4, 0.5) is 5.69 Å². The number of nitrogens with two attached hydrogens (primary N) is 1. The average Bonchev–Trinajstić information content (AvgIpc) is 2.20. The Morgan fingerprint density at radius 3 is 3.07 bits per heavy atom. The monoisotopic (exact) mass is 189 g/mol. The Morgan fingerprint density at radius 2 is 2.50 bits per heavy atom. The number of rotatable bonds is 2. The third kappa shape index (κ3) is 1.83. The van der Waals surface area contributed by atoms with E-state index in [4.69, 9.17) is 12.2 Å². The zero-order valence-electron chi connectivity index (χ0n) is 7.87. The predicted molar refractivity (Wildman–Crippen MR) is 54.6 cm³/mol. The number of terminal acetylenes is 1. The van der Waals surface area contributed by atoms with E-state index in [1.165, 1.54) is 13.2 Å². The summed E-state index contributed by atoms with van der Waals surface area (Å²) >= 11 is 0. The van der Waals surface area contributed by atoms with Gasteiger partial charge in [0, 0.05) is 19.7 Å². The van der Waals surface area contributed by atoms with Crippen LogP contribution in [0.25, 0.3) is 0 Å². The molecule has 0 aliphatic rings. The summed E-state index contributed by atoms with van der Waals surface area (Å²) in [6, 6.07) is 1.71. The summed E-state index contributed by atoms with van der Waals surface area (Å²) in [6.07, 6.45) is 7.08. The quantitative estimate of drug-likeness (QED) is 0.653. The average molecular weight is 189 g/mol. The number of nitrogens with zero attached hydrogens (tertiary/aromatic N) is 1. The summed E-state index contributed by atoms with van der Waals surface area (Å²) in [7, 11) is 1.53. The maximum Gasteiger partial charge on any atom is 0.271 e. The van der Waals surface area contributed by atoms with Crippen LogP contribution in [0.15, 0.2) is 12.3 Å². The van der Waals surface area contributed by atoms with Crippen LogP contribution in [-0.2, 0) is 6.42 Å². The van der Waals surface area contributed by atoms with Gasteiger partial charge >= 0.3 is 0 Å². The number of pyridine rings is 1. The van der Waals surface area contributed by atoms with E-state index < -0.39 is 0 Å². The third-order valence-corrected chi connectivity index (χ3v) is 1.82. The van der Waals surface area contributed by atoms with E-state index in [0.29, 0.717) is 12.1 Å². The van der Waals surface area contributed by atoms with E-state index in [1.807, 2.05) is 0 Å². The second-order valence-electron chi connectivity index (χ2n) is 2.69. The molecule has 0 aromatic carbocycles. The molecule has 0 aliphatic carbocycles. The molecule has 1 amide bonds. The van der Waals surface area contributed by atoms with E-state index in [1.54, 1.807) is 6.07 Å². The molecule has 1 aromatic heterocycles. The zero-order chi connectivity index (χ0) is 10.6. The summed E-state index contributed by atoms with van der Waals surface area (Å²) in [4.78, 5) is 15.2. The number of aromatic nitrogens is 1. The standard InChI is InChI=1S/C10H11N3O/c1-3-4-7-5-6-13-9(8(7)11)10(14)12-2/h1,5-6H,4,11H2,2H3,(H,12,14). The number of nitrogen functional groups attached to an aromatic ring is 1. The highest BCUT2D eigenvalue weighted by Crippen LogP contribution is 2.14. The van der Waals surface area contributed by atoms with Crippen molar-refractivity contribution in [2.45, 2.75) is 6.42 Å². The van der Waals surface area contributed by atoms with Gasteiger partial charge in [-0.3, -0.25) is 4.79 Å². The van der Waals surface area contributed by atoms with E-state index in [-0.39, 0.29) is 11.6 Å². The zero-order valence-corrected chi connectivity index (χ0v) is 7.87. The van der Waals surface area contributed by atoms with Gasteiger partial charge in [0.15, 0.2) is 5.69 Å². The van der Waals surface area contributed by atoms with Gasteiger partial charge < -0.3 is 11.1 Å². The molecule has 0 aliphatic heterocycles. The van der Waals surface area contributed by atoms with Crippen molar-refractivity contribution in [3.8, 4) is 12.3 Å². The molecule has 1 heterocycles. The second kappa shape index (κ2) is 4.28. The maximum atomic E-state index is 11.3. The summed E-state index contributed by atoms with van der Waals surface area (Å²) in [5.74, 6) is 2.17. The molecule has 0 fully saturated rings. The fourth-order valence-electron chi connectivity index (χ4n) is 1.08. The van der Waals surface area contributed by atoms with Crippen LogP contribution in [0, 0.1) is 12.3 Å². The normalized spacial score (nSPS) is 9.14. The van der Waals surface area contributed by atoms with Crippen molar-refractivity contribution in [2.24, 2.45) is 0 Å². The number of hydrogen-bond acceptors (Lipinski definition) is 3. The van der Waals surface area contributed by atoms with Crippen LogP contribution in [0.3, 0.4) is 0 Å². The molecule has 4 heteroatoms. The molecule has 0 bridgehead atoms. The lowest BCUT2D eigenvalue weighted by Crippen LogP contribution is -2.21. The minimum absolute atomic E-state index is 0.222. The van der Waals surface area contributed by atoms with Crippen LogP contribution in [-0.4, -0.2) is 17.9 Å². The highest BCUT2D eigenvalue weighted by molar-refractivity contribution is 5.97. The van der Waals surface area contributed by atoms with Crippen molar-refractivity contribution in [2.75, 3.05) is 12.8 Å². The Hall–Kier alpha value is -2.02. The largest absolute Gasteiger partial charge is 0.397 e. The molecule has 72 valence electrons. The van der Waals surface area contributed by atoms with Crippen LogP contribution >= 0.6 is 0 Å². The lowest BCUT2D eigenvalue weighted by molar-refractivity contribution is 0.0959. The first-order valence-corrected chi connectivity index (χ1v) is 4.09. The molecule has 0 unspecified atom stereocenters. The molecule has 0 spiro atoms. The first kappa shape index (κ1) is 10.1. The van der Waals surface area contributed by atoms with Crippen LogP contribution in [0.2, 0.25) is 0 Å². The van der Waals surface area contributed by atoms with Gasteiger partial charge in [0.1, 0.15) is 0 Å². The minimum Gasteiger partial charge on any atom is -0.397 e. The third-order valence-electron chi connectivity index (χ3n) is 1.82. The molecule has 14 heavy (non-hydrogen) atoms. The number of anilines is 1. The SMILES string of the molecule is C#CCc1ccnc(C(=O)NC)c1N. The van der Waals surface area contributed by atoms with E-state index in [9.17, 15) is 4.79 Å². The molecule has 1 aromatic rings. The van der Waals surface area contributed by atoms with Gasteiger partial charge in [-0.15, -0.1) is 12.3 Å². The fraction of sp³-hybridized carbons (Fsp3) is 0.200. The molecule has 3 N–H and O–H groups in total. The molecule has 0 saturated carbocycles. The van der Waals surface area contributed by atoms with Crippen molar-refractivity contribution < 1.29 is 4.79 Å². The van der Waals surface area contributed by atoms with Crippen molar-refractivity contribution >= 4 is 11.6 Å². The van der Waals surface area contributed by atoms with Crippen molar-refractivity contribution in [3.63, 3.8) is 0 Å². The Labute approximate surface area is 82.5 Å². The number of nitrogens with one attached hydrogen (secondary N) is 1. The minimum atomic E-state index is -0.304. The van der Waals surface area contributed by atoms with E-state index in [2.05, 4.69) is 16.2 Å². The van der Waals surface area contributed by atoms with Crippen molar-refractivity contribution in [1.82, 2.24) is 10.3 Å². The predicted octanol–water partition coefficient (Wildman–Crippen LogP) is 0.199. The Kier molecular flexibility index (Phi) is 3.08. The topological polar surface area (TPSA) is 68.0 Å². The smallest absolute Gasteiger partial charge is 0.271 e. The number of carbonyl (C=O) groups is 1. The summed E-state index contributed by atoms with van der Waals surface area (Å²) in [5, 5.41) is 2.46. The van der Waals surface area contributed by atoms with Crippen molar-refractivity contribution in [1.29, 1.82) is 0 Å². The molecule has 1 rings (SSSR count). The Bertz CT molecular complexity index is 393. The second-order valence-corrected chi connectivity index (χ2v) is 2.69. The summed E-state index contributed by atoms with van der Waals surface area (Å²) in [6.45, 7) is 0. The van der Waals surface area contributed by atoms with Gasteiger partial charge in [0.05, 0.1) is 5.69 Å². The summed E-state index contributed by atoms with van der Waals surface area (Å²) in [5.41, 5.74) is 7.05. The van der Waals surface area contributed by atoms with Gasteiger partial charge in [-0.25, -0.2) is 4.98 Å². The molecular formula is C10H11N3O. The van der Waals surface area contributed by atoms with Gasteiger partial charge in [-0.1, -0.05) is 0 Å². The Balaban J connectivity index is 3.15. The lowest BCUT2D eigenvalue weighted by atomic mass is 10.1. The van der Waals surface area contributed by atoms with Gasteiger partial charge in [0.2, 0.25) is 0 Å². The molecular weight excluding hydrogens is 178 g/mol. The maximum absolute atomic E-state index is 11.3. The first-order valence-electron chi connectivity index (χ1n) is 4.09. The van der Waals surface area contributed by atoms with Crippen LogP contribution in [0.1, 0.15) is 16.1 Å². The van der Waals surface area contributed by atoms with E-state index >= 15 is 0 Å². The highest BCUT2D eigenvalue weighted by Gasteiger charge is 2.11. The number of hydrogen-bond donors (Lipinski definition) is 2. The van der Waals surface area contributed by atoms with Crippen molar-refractivity contribution in [3.05, 3.63) is 23.5 Å². The Morgan fingerprint density at radius 1 is 1.79 bits per heavy atom. The fourth-order valence-corrected chi connectivity index (χ4v) is 1.08. The van der Waals surface area contributed by atoms with E-state index in [0.717, 1.165) is 5.56 Å². The van der Waals surface area contributed by atoms with Crippen LogP contribution < -0.4 is 11.1 Å². The first-order chi connectivity index (χ1) is 6.70. The summed E-state index contributed by atoms with van der Waals surface area (Å²) < 4.78 is 0. The molecule has 4 nitrogen and oxygen atoms in total. The number of amides is 1. The highest BCUT2D eigenvalue weighted by atomic mass is 16.1. The molecule has 0 atom stereocenters. The lowest BCUT2D eigenvalue weighted by Gasteiger charge is -2.06. The molecule has 0 radical (unpaired) electrons. The van der Waals surface area contributed by atoms with Gasteiger partial charge in [-0.05, 0) is 11.6 Å². The number of carbonyl (C=O) groups excluding carboxylic acids is 1. The molecule has 0 saturated heterocycles. The van der Waals surface area contributed by atoms with Gasteiger partial charge in [0.25, 0.3) is 5.91 Å². The van der Waals surface area contributed by atoms with Gasteiger partial charge in [-0.2, -0.15) is 0 Å². The van der Waals surface area contributed by atoms with Crippen LogP contribution in [0.5, 0.6) is 0 Å².